The molecule has 1 heterocycles. The van der Waals surface area contributed by atoms with Crippen LogP contribution in [0.15, 0.2) is 48.5 Å². The van der Waals surface area contributed by atoms with Crippen molar-refractivity contribution < 1.29 is 9.53 Å². The fraction of sp³-hybridized carbons (Fsp3) is 0.188. The summed E-state index contributed by atoms with van der Waals surface area (Å²) >= 11 is 0. The molecule has 0 atom stereocenters. The summed E-state index contributed by atoms with van der Waals surface area (Å²) in [7, 11) is 0. The van der Waals surface area contributed by atoms with E-state index in [9.17, 15) is 4.79 Å². The van der Waals surface area contributed by atoms with Crippen LogP contribution in [0.3, 0.4) is 0 Å². The molecule has 0 spiro atoms. The minimum absolute atomic E-state index is 0.0184. The predicted octanol–water partition coefficient (Wildman–Crippen LogP) is 2.80. The molecule has 19 heavy (non-hydrogen) atoms. The van der Waals surface area contributed by atoms with Crippen molar-refractivity contribution in [3.05, 3.63) is 59.7 Å². The Kier molecular flexibility index (Phi) is 3.19. The van der Waals surface area contributed by atoms with Gasteiger partial charge in [-0.25, -0.2) is 0 Å². The summed E-state index contributed by atoms with van der Waals surface area (Å²) in [6.45, 7) is 0.695. The van der Waals surface area contributed by atoms with Crippen molar-refractivity contribution in [1.29, 1.82) is 0 Å². The molecule has 0 aliphatic carbocycles. The number of nitrogens with one attached hydrogen (secondary N) is 1. The lowest BCUT2D eigenvalue weighted by molar-refractivity contribution is -0.115. The standard InChI is InChI=1S/C16H15NO2/c18-15(11-12-5-2-1-3-6-12)17-14-8-4-7-13-9-10-19-16(13)14/h1-8H,9-11H2,(H,17,18). The number of anilines is 1. The van der Waals surface area contributed by atoms with E-state index in [2.05, 4.69) is 5.32 Å². The first kappa shape index (κ1) is 11.8. The van der Waals surface area contributed by atoms with Gasteiger partial charge in [-0.1, -0.05) is 42.5 Å². The highest BCUT2D eigenvalue weighted by Crippen LogP contribution is 2.33. The Labute approximate surface area is 112 Å². The van der Waals surface area contributed by atoms with Crippen LogP contribution in [0, 0.1) is 0 Å². The first-order valence-corrected chi connectivity index (χ1v) is 6.41. The molecule has 0 aromatic heterocycles. The topological polar surface area (TPSA) is 38.3 Å². The Morgan fingerprint density at radius 2 is 1.95 bits per heavy atom. The van der Waals surface area contributed by atoms with Crippen molar-refractivity contribution in [2.45, 2.75) is 12.8 Å². The SMILES string of the molecule is O=C(Cc1ccccc1)Nc1cccc2c1OCC2. The first-order valence-electron chi connectivity index (χ1n) is 6.41. The van der Waals surface area contributed by atoms with Gasteiger partial charge in [-0.3, -0.25) is 4.79 Å². The Morgan fingerprint density at radius 1 is 1.11 bits per heavy atom. The molecule has 0 saturated carbocycles. The number of carbonyl (C=O) groups excluding carboxylic acids is 1. The second-order valence-corrected chi connectivity index (χ2v) is 4.60. The van der Waals surface area contributed by atoms with Crippen LogP contribution < -0.4 is 10.1 Å². The fourth-order valence-electron chi connectivity index (χ4n) is 2.29. The zero-order valence-corrected chi connectivity index (χ0v) is 10.6. The average Bonchev–Trinajstić information content (AvgIpc) is 2.89. The summed E-state index contributed by atoms with van der Waals surface area (Å²) in [5.41, 5.74) is 2.95. The van der Waals surface area contributed by atoms with Gasteiger partial charge in [0, 0.05) is 6.42 Å². The molecule has 1 aliphatic heterocycles. The zero-order chi connectivity index (χ0) is 13.1. The van der Waals surface area contributed by atoms with Gasteiger partial charge in [0.05, 0.1) is 18.7 Å². The molecule has 2 aromatic carbocycles. The monoisotopic (exact) mass is 253 g/mol. The summed E-state index contributed by atoms with van der Waals surface area (Å²) in [5, 5.41) is 2.93. The molecular formula is C16H15NO2. The van der Waals surface area contributed by atoms with E-state index in [4.69, 9.17) is 4.74 Å². The van der Waals surface area contributed by atoms with E-state index in [-0.39, 0.29) is 5.91 Å². The second kappa shape index (κ2) is 5.14. The van der Waals surface area contributed by atoms with Gasteiger partial charge < -0.3 is 10.1 Å². The summed E-state index contributed by atoms with van der Waals surface area (Å²) in [6.07, 6.45) is 1.29. The highest BCUT2D eigenvalue weighted by atomic mass is 16.5. The third-order valence-corrected chi connectivity index (χ3v) is 3.20. The molecule has 1 N–H and O–H groups in total. The number of fused-ring (bicyclic) bond motifs is 1. The van der Waals surface area contributed by atoms with Gasteiger partial charge in [0.1, 0.15) is 5.75 Å². The Hall–Kier alpha value is -2.29. The molecule has 0 unspecified atom stereocenters. The molecule has 3 heteroatoms. The molecule has 2 aromatic rings. The number of para-hydroxylation sites is 1. The highest BCUT2D eigenvalue weighted by molar-refractivity contribution is 5.94. The van der Waals surface area contributed by atoms with Gasteiger partial charge in [-0.05, 0) is 17.2 Å². The maximum absolute atomic E-state index is 12.0. The van der Waals surface area contributed by atoms with Crippen molar-refractivity contribution in [2.75, 3.05) is 11.9 Å². The molecular weight excluding hydrogens is 238 g/mol. The van der Waals surface area contributed by atoms with Gasteiger partial charge in [0.15, 0.2) is 0 Å². The van der Waals surface area contributed by atoms with Gasteiger partial charge in [-0.15, -0.1) is 0 Å². The van der Waals surface area contributed by atoms with E-state index >= 15 is 0 Å². The van der Waals surface area contributed by atoms with E-state index in [1.807, 2.05) is 48.5 Å². The van der Waals surface area contributed by atoms with Crippen molar-refractivity contribution in [2.24, 2.45) is 0 Å². The molecule has 3 nitrogen and oxygen atoms in total. The van der Waals surface area contributed by atoms with Crippen molar-refractivity contribution in [3.63, 3.8) is 0 Å². The van der Waals surface area contributed by atoms with Crippen LogP contribution in [-0.4, -0.2) is 12.5 Å². The predicted molar refractivity (Wildman–Crippen MR) is 74.4 cm³/mol. The van der Waals surface area contributed by atoms with Crippen molar-refractivity contribution in [3.8, 4) is 5.75 Å². The number of ether oxygens (including phenoxy) is 1. The maximum Gasteiger partial charge on any atom is 0.228 e. The van der Waals surface area contributed by atoms with Gasteiger partial charge in [0.25, 0.3) is 0 Å². The minimum atomic E-state index is -0.0184. The average molecular weight is 253 g/mol. The summed E-state index contributed by atoms with van der Waals surface area (Å²) < 4.78 is 5.57. The summed E-state index contributed by atoms with van der Waals surface area (Å²) in [5.74, 6) is 0.805. The number of amides is 1. The number of rotatable bonds is 3. The van der Waals surface area contributed by atoms with Crippen LogP contribution in [0.25, 0.3) is 0 Å². The third kappa shape index (κ3) is 2.60. The Morgan fingerprint density at radius 3 is 2.79 bits per heavy atom. The lowest BCUT2D eigenvalue weighted by Gasteiger charge is -2.09. The molecule has 0 fully saturated rings. The summed E-state index contributed by atoms with van der Waals surface area (Å²) in [6, 6.07) is 15.6. The number of hydrogen-bond acceptors (Lipinski definition) is 2. The van der Waals surface area contributed by atoms with E-state index < -0.39 is 0 Å². The Bertz CT molecular complexity index is 593. The molecule has 1 amide bonds. The molecule has 0 bridgehead atoms. The number of hydrogen-bond donors (Lipinski definition) is 1. The van der Waals surface area contributed by atoms with E-state index in [1.165, 1.54) is 0 Å². The van der Waals surface area contributed by atoms with Gasteiger partial charge in [0.2, 0.25) is 5.91 Å². The molecule has 1 aliphatic rings. The van der Waals surface area contributed by atoms with Crippen LogP contribution in [0.1, 0.15) is 11.1 Å². The second-order valence-electron chi connectivity index (χ2n) is 4.60. The maximum atomic E-state index is 12.0. The lowest BCUT2D eigenvalue weighted by atomic mass is 10.1. The van der Waals surface area contributed by atoms with Crippen LogP contribution in [-0.2, 0) is 17.6 Å². The van der Waals surface area contributed by atoms with Crippen molar-refractivity contribution >= 4 is 11.6 Å². The van der Waals surface area contributed by atoms with E-state index in [0.717, 1.165) is 29.0 Å². The van der Waals surface area contributed by atoms with Gasteiger partial charge >= 0.3 is 0 Å². The number of carbonyl (C=O) groups is 1. The molecule has 0 radical (unpaired) electrons. The molecule has 0 saturated heterocycles. The number of benzene rings is 2. The van der Waals surface area contributed by atoms with Crippen molar-refractivity contribution in [1.82, 2.24) is 0 Å². The lowest BCUT2D eigenvalue weighted by Crippen LogP contribution is -2.14. The fourth-order valence-corrected chi connectivity index (χ4v) is 2.29. The van der Waals surface area contributed by atoms with E-state index in [0.29, 0.717) is 13.0 Å². The minimum Gasteiger partial charge on any atom is -0.491 e. The largest absolute Gasteiger partial charge is 0.491 e. The van der Waals surface area contributed by atoms with Crippen LogP contribution >= 0.6 is 0 Å². The summed E-state index contributed by atoms with van der Waals surface area (Å²) in [4.78, 5) is 12.0. The zero-order valence-electron chi connectivity index (χ0n) is 10.6. The van der Waals surface area contributed by atoms with Crippen LogP contribution in [0.4, 0.5) is 5.69 Å². The Balaban J connectivity index is 1.72. The smallest absolute Gasteiger partial charge is 0.228 e. The van der Waals surface area contributed by atoms with Crippen LogP contribution in [0.2, 0.25) is 0 Å². The molecule has 3 rings (SSSR count). The van der Waals surface area contributed by atoms with Gasteiger partial charge in [-0.2, -0.15) is 0 Å². The molecule has 96 valence electrons. The normalized spacial score (nSPS) is 12.6. The quantitative estimate of drug-likeness (QED) is 0.913. The highest BCUT2D eigenvalue weighted by Gasteiger charge is 2.17. The first-order chi connectivity index (χ1) is 9.33. The van der Waals surface area contributed by atoms with Crippen LogP contribution in [0.5, 0.6) is 5.75 Å². The third-order valence-electron chi connectivity index (χ3n) is 3.20. The van der Waals surface area contributed by atoms with E-state index in [1.54, 1.807) is 0 Å².